The molecule has 3 unspecified atom stereocenters. The van der Waals surface area contributed by atoms with Gasteiger partial charge in [-0.25, -0.2) is 0 Å². The summed E-state index contributed by atoms with van der Waals surface area (Å²) in [6.07, 6.45) is 4.96. The van der Waals surface area contributed by atoms with Gasteiger partial charge in [-0.2, -0.15) is 5.10 Å². The van der Waals surface area contributed by atoms with Crippen LogP contribution in [0.5, 0.6) is 11.5 Å². The van der Waals surface area contributed by atoms with Crippen LogP contribution < -0.4 is 14.8 Å². The topological polar surface area (TPSA) is 65.4 Å². The molecule has 2 bridgehead atoms. The fraction of sp³-hybridized carbons (Fsp3) is 0.500. The van der Waals surface area contributed by atoms with Gasteiger partial charge in [-0.05, 0) is 49.3 Å². The number of ether oxygens (including phenoxy) is 2. The summed E-state index contributed by atoms with van der Waals surface area (Å²) in [6, 6.07) is 7.72. The minimum atomic E-state index is -0.0451. The molecule has 1 aromatic heterocycles. The largest absolute Gasteiger partial charge is 0.497 e. The highest BCUT2D eigenvalue weighted by molar-refractivity contribution is 5.94. The van der Waals surface area contributed by atoms with E-state index in [0.29, 0.717) is 29.1 Å². The molecule has 1 amide bonds. The first kappa shape index (κ1) is 16.9. The Bertz CT molecular complexity index is 830. The molecule has 4 rings (SSSR count). The van der Waals surface area contributed by atoms with E-state index in [0.717, 1.165) is 23.7 Å². The van der Waals surface area contributed by atoms with Gasteiger partial charge in [0.2, 0.25) is 0 Å². The summed E-state index contributed by atoms with van der Waals surface area (Å²) in [7, 11) is 5.03. The van der Waals surface area contributed by atoms with Crippen molar-refractivity contribution in [2.45, 2.75) is 31.7 Å². The second kappa shape index (κ2) is 6.67. The maximum atomic E-state index is 12.8. The number of hydrogen-bond donors (Lipinski definition) is 1. The Morgan fingerprint density at radius 2 is 2.04 bits per heavy atom. The highest BCUT2D eigenvalue weighted by Crippen LogP contribution is 2.44. The van der Waals surface area contributed by atoms with Gasteiger partial charge in [0, 0.05) is 24.7 Å². The van der Waals surface area contributed by atoms with Gasteiger partial charge in [-0.1, -0.05) is 6.42 Å². The average Bonchev–Trinajstić information content (AvgIpc) is 3.36. The van der Waals surface area contributed by atoms with Gasteiger partial charge >= 0.3 is 0 Å². The van der Waals surface area contributed by atoms with Crippen molar-refractivity contribution in [2.24, 2.45) is 18.9 Å². The second-order valence-electron chi connectivity index (χ2n) is 7.36. The van der Waals surface area contributed by atoms with Crippen LogP contribution in [0.15, 0.2) is 24.3 Å². The average molecular weight is 355 g/mol. The zero-order chi connectivity index (χ0) is 18.3. The molecular formula is C20H25N3O3. The molecule has 0 saturated heterocycles. The third kappa shape index (κ3) is 2.93. The Labute approximate surface area is 153 Å². The number of carbonyl (C=O) groups is 1. The predicted molar refractivity (Wildman–Crippen MR) is 98.5 cm³/mol. The summed E-state index contributed by atoms with van der Waals surface area (Å²) < 4.78 is 12.3. The van der Waals surface area contributed by atoms with Crippen LogP contribution in [0.2, 0.25) is 0 Å². The fourth-order valence-electron chi connectivity index (χ4n) is 4.49. The van der Waals surface area contributed by atoms with E-state index in [1.165, 1.54) is 19.3 Å². The SMILES string of the molecule is COc1ccc(-c2cc(C(=O)NC3CC4CCC3C4)n(C)n2)c(OC)c1. The van der Waals surface area contributed by atoms with Gasteiger partial charge in [0.15, 0.2) is 0 Å². The normalized spacial score (nSPS) is 23.9. The molecule has 0 radical (unpaired) electrons. The molecule has 0 aliphatic heterocycles. The lowest BCUT2D eigenvalue weighted by atomic mass is 9.95. The first-order valence-electron chi connectivity index (χ1n) is 9.16. The van der Waals surface area contributed by atoms with Crippen LogP contribution in [-0.4, -0.2) is 35.9 Å². The summed E-state index contributed by atoms with van der Waals surface area (Å²) in [5, 5.41) is 7.75. The van der Waals surface area contributed by atoms with Gasteiger partial charge in [0.05, 0.1) is 19.9 Å². The van der Waals surface area contributed by atoms with Crippen molar-refractivity contribution < 1.29 is 14.3 Å². The number of aromatic nitrogens is 2. The van der Waals surface area contributed by atoms with Gasteiger partial charge in [0.1, 0.15) is 17.2 Å². The van der Waals surface area contributed by atoms with Crippen molar-refractivity contribution in [1.29, 1.82) is 0 Å². The van der Waals surface area contributed by atoms with Crippen molar-refractivity contribution >= 4 is 5.91 Å². The minimum Gasteiger partial charge on any atom is -0.497 e. The van der Waals surface area contributed by atoms with E-state index < -0.39 is 0 Å². The van der Waals surface area contributed by atoms with E-state index in [4.69, 9.17) is 9.47 Å². The molecule has 26 heavy (non-hydrogen) atoms. The number of methoxy groups -OCH3 is 2. The Balaban J connectivity index is 1.56. The number of hydrogen-bond acceptors (Lipinski definition) is 4. The molecule has 2 aromatic rings. The third-order valence-electron chi connectivity index (χ3n) is 5.85. The summed E-state index contributed by atoms with van der Waals surface area (Å²) >= 11 is 0. The third-order valence-corrected chi connectivity index (χ3v) is 5.85. The molecule has 138 valence electrons. The van der Waals surface area contributed by atoms with Crippen LogP contribution >= 0.6 is 0 Å². The Hall–Kier alpha value is -2.50. The van der Waals surface area contributed by atoms with Crippen molar-refractivity contribution in [1.82, 2.24) is 15.1 Å². The summed E-state index contributed by atoms with van der Waals surface area (Å²) in [5.74, 6) is 2.80. The molecule has 2 aliphatic carbocycles. The zero-order valence-electron chi connectivity index (χ0n) is 15.5. The van der Waals surface area contributed by atoms with Crippen molar-refractivity contribution in [3.8, 4) is 22.8 Å². The summed E-state index contributed by atoms with van der Waals surface area (Å²) in [5.41, 5.74) is 2.12. The number of aryl methyl sites for hydroxylation is 1. The van der Waals surface area contributed by atoms with E-state index in [2.05, 4.69) is 10.4 Å². The molecule has 3 atom stereocenters. The quantitative estimate of drug-likeness (QED) is 0.895. The first-order chi connectivity index (χ1) is 12.6. The van der Waals surface area contributed by atoms with Crippen LogP contribution in [0.25, 0.3) is 11.3 Å². The first-order valence-corrected chi connectivity index (χ1v) is 9.16. The van der Waals surface area contributed by atoms with Crippen LogP contribution in [0.4, 0.5) is 0 Å². The lowest BCUT2D eigenvalue weighted by molar-refractivity contribution is 0.0913. The highest BCUT2D eigenvalue weighted by Gasteiger charge is 2.40. The van der Waals surface area contributed by atoms with Gasteiger partial charge in [-0.3, -0.25) is 9.48 Å². The number of nitrogens with zero attached hydrogens (tertiary/aromatic N) is 2. The lowest BCUT2D eigenvalue weighted by Gasteiger charge is -2.22. The maximum Gasteiger partial charge on any atom is 0.269 e. The molecule has 2 fully saturated rings. The monoisotopic (exact) mass is 355 g/mol. The minimum absolute atomic E-state index is 0.0451. The molecule has 1 N–H and O–H groups in total. The fourth-order valence-corrected chi connectivity index (χ4v) is 4.49. The number of fused-ring (bicyclic) bond motifs is 2. The van der Waals surface area contributed by atoms with E-state index in [1.807, 2.05) is 24.3 Å². The van der Waals surface area contributed by atoms with Crippen molar-refractivity contribution in [2.75, 3.05) is 14.2 Å². The van der Waals surface area contributed by atoms with Crippen LogP contribution in [0.3, 0.4) is 0 Å². The number of rotatable bonds is 5. The van der Waals surface area contributed by atoms with E-state index in [1.54, 1.807) is 25.9 Å². The molecule has 2 aliphatic rings. The number of carbonyl (C=O) groups excluding carboxylic acids is 1. The van der Waals surface area contributed by atoms with Crippen LogP contribution in [-0.2, 0) is 7.05 Å². The van der Waals surface area contributed by atoms with E-state index in [-0.39, 0.29) is 5.91 Å². The van der Waals surface area contributed by atoms with E-state index in [9.17, 15) is 4.79 Å². The smallest absolute Gasteiger partial charge is 0.269 e. The number of amides is 1. The van der Waals surface area contributed by atoms with Crippen molar-refractivity contribution in [3.05, 3.63) is 30.0 Å². The standard InChI is InChI=1S/C20H25N3O3/c1-23-18(20(24)21-16-9-12-4-5-13(16)8-12)11-17(22-23)15-7-6-14(25-2)10-19(15)26-3/h6-7,10-13,16H,4-5,8-9H2,1-3H3,(H,21,24). The summed E-state index contributed by atoms with van der Waals surface area (Å²) in [4.78, 5) is 12.8. The highest BCUT2D eigenvalue weighted by atomic mass is 16.5. The second-order valence-corrected chi connectivity index (χ2v) is 7.36. The molecule has 1 heterocycles. The van der Waals surface area contributed by atoms with Gasteiger partial charge in [-0.15, -0.1) is 0 Å². The zero-order valence-corrected chi connectivity index (χ0v) is 15.5. The van der Waals surface area contributed by atoms with Gasteiger partial charge < -0.3 is 14.8 Å². The van der Waals surface area contributed by atoms with E-state index >= 15 is 0 Å². The maximum absolute atomic E-state index is 12.8. The molecule has 6 nitrogen and oxygen atoms in total. The Morgan fingerprint density at radius 1 is 1.19 bits per heavy atom. The van der Waals surface area contributed by atoms with Crippen LogP contribution in [0, 0.1) is 11.8 Å². The van der Waals surface area contributed by atoms with Gasteiger partial charge in [0.25, 0.3) is 5.91 Å². The van der Waals surface area contributed by atoms with Crippen LogP contribution in [0.1, 0.15) is 36.2 Å². The predicted octanol–water partition coefficient (Wildman–Crippen LogP) is 3.02. The number of nitrogens with one attached hydrogen (secondary N) is 1. The number of benzene rings is 1. The molecule has 1 aromatic carbocycles. The Morgan fingerprint density at radius 3 is 2.69 bits per heavy atom. The molecule has 6 heteroatoms. The molecule has 2 saturated carbocycles. The summed E-state index contributed by atoms with van der Waals surface area (Å²) in [6.45, 7) is 0. The Kier molecular flexibility index (Phi) is 4.34. The van der Waals surface area contributed by atoms with Crippen molar-refractivity contribution in [3.63, 3.8) is 0 Å². The lowest BCUT2D eigenvalue weighted by Crippen LogP contribution is -2.39. The molecular weight excluding hydrogens is 330 g/mol. The molecule has 0 spiro atoms.